The molecule has 2 aliphatic heterocycles. The molecule has 0 aromatic heterocycles. The molecule has 1 amide bonds. The van der Waals surface area contributed by atoms with Gasteiger partial charge in [0.05, 0.1) is 18.2 Å². The molecular weight excluding hydrogens is 390 g/mol. The molecule has 1 aromatic rings. The summed E-state index contributed by atoms with van der Waals surface area (Å²) in [5.74, 6) is -0.977. The summed E-state index contributed by atoms with van der Waals surface area (Å²) in [6.07, 6.45) is 2.76. The highest BCUT2D eigenvalue weighted by Crippen LogP contribution is 2.23. The molecule has 0 saturated carbocycles. The van der Waals surface area contributed by atoms with E-state index in [-0.39, 0.29) is 4.91 Å². The standard InChI is InChI=1S/C20H25N5O3S/c1-14(2)24-8-10-25(11-9-24)16-6-4-15(5-7-16)13-21-23-20-22-19(27)17(29-20)12-18(26)28-3/h4-7,12-14H,8-11H2,1-3H3,(H,22,23,27)/b17-12+,21-13?. The molecule has 1 aromatic carbocycles. The van der Waals surface area contributed by atoms with Crippen LogP contribution >= 0.6 is 11.8 Å². The van der Waals surface area contributed by atoms with E-state index in [0.717, 1.165) is 49.6 Å². The van der Waals surface area contributed by atoms with Crippen LogP contribution in [0.2, 0.25) is 0 Å². The van der Waals surface area contributed by atoms with E-state index < -0.39 is 11.9 Å². The lowest BCUT2D eigenvalue weighted by Gasteiger charge is -2.38. The molecule has 2 aliphatic rings. The minimum absolute atomic E-state index is 0.229. The van der Waals surface area contributed by atoms with E-state index in [9.17, 15) is 9.59 Å². The first-order valence-corrected chi connectivity index (χ1v) is 10.3. The highest BCUT2D eigenvalue weighted by atomic mass is 32.2. The topological polar surface area (TPSA) is 86.6 Å². The Hall–Kier alpha value is -2.65. The fourth-order valence-corrected chi connectivity index (χ4v) is 3.80. The van der Waals surface area contributed by atoms with Crippen LogP contribution in [0.5, 0.6) is 0 Å². The zero-order chi connectivity index (χ0) is 20.8. The van der Waals surface area contributed by atoms with Crippen molar-refractivity contribution in [2.75, 3.05) is 38.2 Å². The molecular formula is C20H25N5O3S. The maximum absolute atomic E-state index is 11.8. The number of rotatable bonds is 5. The number of anilines is 1. The van der Waals surface area contributed by atoms with Gasteiger partial charge in [-0.25, -0.2) is 4.79 Å². The van der Waals surface area contributed by atoms with Gasteiger partial charge in [-0.15, -0.1) is 5.10 Å². The number of hydrogen-bond donors (Lipinski definition) is 1. The third kappa shape index (κ3) is 5.68. The van der Waals surface area contributed by atoms with Crippen molar-refractivity contribution in [2.24, 2.45) is 10.2 Å². The molecule has 1 N–H and O–H groups in total. The van der Waals surface area contributed by atoms with Crippen LogP contribution in [-0.4, -0.2) is 67.5 Å². The van der Waals surface area contributed by atoms with E-state index >= 15 is 0 Å². The number of piperazine rings is 1. The van der Waals surface area contributed by atoms with Gasteiger partial charge in [-0.2, -0.15) is 5.10 Å². The lowest BCUT2D eigenvalue weighted by Crippen LogP contribution is -2.48. The minimum Gasteiger partial charge on any atom is -0.466 e. The number of amides is 1. The Morgan fingerprint density at radius 1 is 1.21 bits per heavy atom. The first-order valence-electron chi connectivity index (χ1n) is 9.45. The Bertz CT molecular complexity index is 840. The van der Waals surface area contributed by atoms with Gasteiger partial charge in [-0.3, -0.25) is 15.0 Å². The van der Waals surface area contributed by atoms with Gasteiger partial charge in [0.1, 0.15) is 0 Å². The minimum atomic E-state index is -0.585. The van der Waals surface area contributed by atoms with Crippen molar-refractivity contribution >= 4 is 40.7 Å². The number of amidine groups is 1. The van der Waals surface area contributed by atoms with Crippen LogP contribution in [0.25, 0.3) is 0 Å². The molecule has 0 atom stereocenters. The fourth-order valence-electron chi connectivity index (χ4n) is 3.06. The number of nitrogens with one attached hydrogen (secondary N) is 1. The molecule has 0 bridgehead atoms. The van der Waals surface area contributed by atoms with Crippen molar-refractivity contribution in [3.8, 4) is 0 Å². The Morgan fingerprint density at radius 3 is 2.52 bits per heavy atom. The van der Waals surface area contributed by atoms with Crippen LogP contribution in [0.15, 0.2) is 45.4 Å². The van der Waals surface area contributed by atoms with Gasteiger partial charge in [0, 0.05) is 44.0 Å². The molecule has 0 radical (unpaired) electrons. The Kier molecular flexibility index (Phi) is 7.05. The molecule has 2 fully saturated rings. The number of esters is 1. The van der Waals surface area contributed by atoms with E-state index in [0.29, 0.717) is 11.2 Å². The summed E-state index contributed by atoms with van der Waals surface area (Å²) < 4.78 is 4.52. The second-order valence-electron chi connectivity index (χ2n) is 6.95. The summed E-state index contributed by atoms with van der Waals surface area (Å²) in [6, 6.07) is 8.76. The first kappa shape index (κ1) is 21.1. The van der Waals surface area contributed by atoms with Gasteiger partial charge in [0.15, 0.2) is 5.17 Å². The largest absolute Gasteiger partial charge is 0.466 e. The Morgan fingerprint density at radius 2 is 1.90 bits per heavy atom. The molecule has 154 valence electrons. The van der Waals surface area contributed by atoms with Gasteiger partial charge < -0.3 is 9.64 Å². The van der Waals surface area contributed by atoms with Crippen molar-refractivity contribution in [1.82, 2.24) is 10.2 Å². The number of ether oxygens (including phenoxy) is 1. The van der Waals surface area contributed by atoms with Gasteiger partial charge >= 0.3 is 5.97 Å². The molecule has 8 nitrogen and oxygen atoms in total. The van der Waals surface area contributed by atoms with Crippen LogP contribution in [0, 0.1) is 0 Å². The highest BCUT2D eigenvalue weighted by Gasteiger charge is 2.25. The predicted octanol–water partition coefficient (Wildman–Crippen LogP) is 1.83. The maximum Gasteiger partial charge on any atom is 0.331 e. The summed E-state index contributed by atoms with van der Waals surface area (Å²) >= 11 is 1.05. The van der Waals surface area contributed by atoms with E-state index in [1.807, 2.05) is 12.1 Å². The number of nitrogens with zero attached hydrogens (tertiary/aromatic N) is 4. The summed E-state index contributed by atoms with van der Waals surface area (Å²) in [5.41, 5.74) is 2.12. The zero-order valence-corrected chi connectivity index (χ0v) is 17.6. The molecule has 2 heterocycles. The second kappa shape index (κ2) is 9.71. The molecule has 0 unspecified atom stereocenters. The molecule has 29 heavy (non-hydrogen) atoms. The number of thioether (sulfide) groups is 1. The van der Waals surface area contributed by atoms with Crippen molar-refractivity contribution in [2.45, 2.75) is 19.9 Å². The van der Waals surface area contributed by atoms with Crippen molar-refractivity contribution in [3.05, 3.63) is 40.8 Å². The second-order valence-corrected chi connectivity index (χ2v) is 7.98. The normalized spacial score (nSPS) is 20.8. The molecule has 0 spiro atoms. The van der Waals surface area contributed by atoms with Crippen LogP contribution in [0.1, 0.15) is 19.4 Å². The molecule has 2 saturated heterocycles. The Balaban J connectivity index is 1.56. The summed E-state index contributed by atoms with van der Waals surface area (Å²) in [6.45, 7) is 8.68. The smallest absolute Gasteiger partial charge is 0.331 e. The zero-order valence-electron chi connectivity index (χ0n) is 16.8. The SMILES string of the molecule is COC(=O)/C=C1/S/C(=N\N=Cc2ccc(N3CCN(C(C)C)CC3)cc2)NC1=O. The number of carbonyl (C=O) groups excluding carboxylic acids is 2. The van der Waals surface area contributed by atoms with Gasteiger partial charge in [-0.1, -0.05) is 12.1 Å². The average molecular weight is 416 g/mol. The molecule has 9 heteroatoms. The van der Waals surface area contributed by atoms with Gasteiger partial charge in [0.25, 0.3) is 5.91 Å². The number of carbonyl (C=O) groups is 2. The highest BCUT2D eigenvalue weighted by molar-refractivity contribution is 8.18. The van der Waals surface area contributed by atoms with Crippen LogP contribution in [-0.2, 0) is 14.3 Å². The molecule has 3 rings (SSSR count). The number of methoxy groups -OCH3 is 1. The number of hydrogen-bond acceptors (Lipinski definition) is 8. The third-order valence-corrected chi connectivity index (χ3v) is 5.66. The summed E-state index contributed by atoms with van der Waals surface area (Å²) in [4.78, 5) is 28.1. The van der Waals surface area contributed by atoms with Crippen LogP contribution in [0.3, 0.4) is 0 Å². The van der Waals surface area contributed by atoms with E-state index in [4.69, 9.17) is 0 Å². The van der Waals surface area contributed by atoms with E-state index in [2.05, 4.69) is 56.0 Å². The van der Waals surface area contributed by atoms with Gasteiger partial charge in [-0.05, 0) is 43.3 Å². The van der Waals surface area contributed by atoms with Crippen molar-refractivity contribution < 1.29 is 14.3 Å². The average Bonchev–Trinajstić information content (AvgIpc) is 3.07. The maximum atomic E-state index is 11.8. The number of benzene rings is 1. The van der Waals surface area contributed by atoms with Crippen molar-refractivity contribution in [1.29, 1.82) is 0 Å². The summed E-state index contributed by atoms with van der Waals surface area (Å²) in [7, 11) is 1.26. The van der Waals surface area contributed by atoms with E-state index in [1.54, 1.807) is 6.21 Å². The Labute approximate surface area is 174 Å². The lowest BCUT2D eigenvalue weighted by atomic mass is 10.2. The molecule has 0 aliphatic carbocycles. The first-order chi connectivity index (χ1) is 14.0. The predicted molar refractivity (Wildman–Crippen MR) is 116 cm³/mol. The van der Waals surface area contributed by atoms with Crippen molar-refractivity contribution in [3.63, 3.8) is 0 Å². The summed E-state index contributed by atoms with van der Waals surface area (Å²) in [5, 5.41) is 10.9. The van der Waals surface area contributed by atoms with Crippen LogP contribution < -0.4 is 10.2 Å². The van der Waals surface area contributed by atoms with Gasteiger partial charge in [0.2, 0.25) is 0 Å². The fraction of sp³-hybridized carbons (Fsp3) is 0.400. The lowest BCUT2D eigenvalue weighted by molar-refractivity contribution is -0.135. The van der Waals surface area contributed by atoms with E-state index in [1.165, 1.54) is 12.8 Å². The third-order valence-electron chi connectivity index (χ3n) is 4.76. The van der Waals surface area contributed by atoms with Crippen LogP contribution in [0.4, 0.5) is 5.69 Å². The quantitative estimate of drug-likeness (QED) is 0.342. The monoisotopic (exact) mass is 415 g/mol.